The zero-order valence-electron chi connectivity index (χ0n) is 15.1. The number of fused-ring (bicyclic) bond motifs is 1. The maximum atomic E-state index is 12.3. The molecular formula is C17H28N5O3+. The first-order valence-electron chi connectivity index (χ1n) is 9.02. The summed E-state index contributed by atoms with van der Waals surface area (Å²) in [6, 6.07) is 0. The number of aliphatic hydroxyl groups excluding tert-OH is 1. The first-order chi connectivity index (χ1) is 12.0. The normalized spacial score (nSPS) is 27.5. The number of aromatic amines is 1. The Labute approximate surface area is 146 Å². The van der Waals surface area contributed by atoms with Crippen molar-refractivity contribution in [3.05, 3.63) is 16.7 Å². The third-order valence-corrected chi connectivity index (χ3v) is 5.38. The van der Waals surface area contributed by atoms with Gasteiger partial charge in [0.05, 0.1) is 13.2 Å². The lowest BCUT2D eigenvalue weighted by Crippen LogP contribution is -2.32. The fourth-order valence-corrected chi connectivity index (χ4v) is 3.95. The number of nitrogens with one attached hydrogen (secondary N) is 1. The van der Waals surface area contributed by atoms with Gasteiger partial charge in [-0.3, -0.25) is 9.78 Å². The van der Waals surface area contributed by atoms with E-state index >= 15 is 0 Å². The molecule has 0 saturated carbocycles. The van der Waals surface area contributed by atoms with E-state index in [9.17, 15) is 9.90 Å². The maximum Gasteiger partial charge on any atom is 0.304 e. The SMILES string of the molecule is CCC1OC(n2c[n+](C)c3c(=O)[nH]c(N)nc32)[C@H](CC)CC[C@@H]1CO. The van der Waals surface area contributed by atoms with Gasteiger partial charge in [0.15, 0.2) is 0 Å². The first kappa shape index (κ1) is 17.9. The van der Waals surface area contributed by atoms with Crippen LogP contribution in [-0.2, 0) is 11.8 Å². The standard InChI is InChI=1S/C17H27N5O3/c1-4-10-6-7-11(8-23)12(5-2)25-16(10)22-9-21(3)13-14(22)19-17(18)20-15(13)24/h9-12,16,23H,4-8H2,1-3H3,(H2-,18,19,20,24)/p+1/t10-,11-,12?,16?/m1/s1. The molecule has 0 bridgehead atoms. The van der Waals surface area contributed by atoms with Gasteiger partial charge < -0.3 is 15.6 Å². The third kappa shape index (κ3) is 3.16. The molecule has 2 aromatic heterocycles. The molecule has 8 nitrogen and oxygen atoms in total. The number of rotatable bonds is 4. The van der Waals surface area contributed by atoms with E-state index in [0.29, 0.717) is 11.2 Å². The van der Waals surface area contributed by atoms with Gasteiger partial charge in [-0.1, -0.05) is 13.8 Å². The van der Waals surface area contributed by atoms with Crippen molar-refractivity contribution >= 4 is 17.1 Å². The Kier molecular flexibility index (Phi) is 5.10. The smallest absolute Gasteiger partial charge is 0.304 e. The summed E-state index contributed by atoms with van der Waals surface area (Å²) in [5.74, 6) is 0.518. The average Bonchev–Trinajstić information content (AvgIpc) is 2.80. The molecule has 1 aliphatic rings. The molecule has 8 heteroatoms. The van der Waals surface area contributed by atoms with Crippen LogP contribution < -0.4 is 15.9 Å². The summed E-state index contributed by atoms with van der Waals surface area (Å²) in [5.41, 5.74) is 6.51. The second-order valence-corrected chi connectivity index (χ2v) is 6.92. The van der Waals surface area contributed by atoms with Crippen LogP contribution in [0.25, 0.3) is 11.2 Å². The van der Waals surface area contributed by atoms with Gasteiger partial charge in [-0.25, -0.2) is 4.57 Å². The Hall–Kier alpha value is -1.93. The predicted octanol–water partition coefficient (Wildman–Crippen LogP) is 0.854. The van der Waals surface area contributed by atoms with Crippen molar-refractivity contribution in [1.29, 1.82) is 0 Å². The largest absolute Gasteiger partial charge is 0.396 e. The molecule has 1 aliphatic heterocycles. The monoisotopic (exact) mass is 350 g/mol. The van der Waals surface area contributed by atoms with Crippen LogP contribution in [0.5, 0.6) is 0 Å². The zero-order chi connectivity index (χ0) is 18.1. The quantitative estimate of drug-likeness (QED) is 0.708. The number of aromatic nitrogens is 4. The summed E-state index contributed by atoms with van der Waals surface area (Å²) in [7, 11) is 1.82. The molecule has 4 atom stereocenters. The first-order valence-corrected chi connectivity index (χ1v) is 9.02. The number of ether oxygens (including phenoxy) is 1. The van der Waals surface area contributed by atoms with E-state index in [0.717, 1.165) is 25.7 Å². The highest BCUT2D eigenvalue weighted by molar-refractivity contribution is 5.66. The topological polar surface area (TPSA) is 110 Å². The Morgan fingerprint density at radius 1 is 1.40 bits per heavy atom. The minimum absolute atomic E-state index is 0.0198. The van der Waals surface area contributed by atoms with Crippen LogP contribution in [0.4, 0.5) is 5.95 Å². The van der Waals surface area contributed by atoms with E-state index in [-0.39, 0.29) is 42.3 Å². The van der Waals surface area contributed by atoms with Gasteiger partial charge in [-0.15, -0.1) is 0 Å². The van der Waals surface area contributed by atoms with Crippen molar-refractivity contribution in [3.8, 4) is 0 Å². The van der Waals surface area contributed by atoms with Crippen molar-refractivity contribution in [2.75, 3.05) is 12.3 Å². The van der Waals surface area contributed by atoms with Crippen LogP contribution in [0.2, 0.25) is 0 Å². The highest BCUT2D eigenvalue weighted by Crippen LogP contribution is 2.37. The number of hydrogen-bond acceptors (Lipinski definition) is 5. The third-order valence-electron chi connectivity index (χ3n) is 5.38. The molecule has 2 aromatic rings. The van der Waals surface area contributed by atoms with Crippen molar-refractivity contribution in [3.63, 3.8) is 0 Å². The molecular weight excluding hydrogens is 322 g/mol. The maximum absolute atomic E-state index is 12.3. The molecule has 3 rings (SSSR count). The second-order valence-electron chi connectivity index (χ2n) is 6.92. The number of nitrogens with zero attached hydrogens (tertiary/aromatic N) is 3. The summed E-state index contributed by atoms with van der Waals surface area (Å²) in [6.45, 7) is 4.35. The van der Waals surface area contributed by atoms with E-state index < -0.39 is 0 Å². The fourth-order valence-electron chi connectivity index (χ4n) is 3.95. The molecule has 0 aromatic carbocycles. The number of aryl methyl sites for hydroxylation is 1. The van der Waals surface area contributed by atoms with Gasteiger partial charge >= 0.3 is 5.56 Å². The van der Waals surface area contributed by atoms with E-state index in [2.05, 4.69) is 23.8 Å². The van der Waals surface area contributed by atoms with Gasteiger partial charge in [0.25, 0.3) is 11.2 Å². The van der Waals surface area contributed by atoms with E-state index in [1.165, 1.54) is 0 Å². The van der Waals surface area contributed by atoms with Crippen LogP contribution in [0, 0.1) is 11.8 Å². The van der Waals surface area contributed by atoms with Gasteiger partial charge in [0, 0.05) is 18.4 Å². The van der Waals surface area contributed by atoms with Crippen molar-refractivity contribution in [2.24, 2.45) is 18.9 Å². The van der Waals surface area contributed by atoms with E-state index in [4.69, 9.17) is 10.5 Å². The Morgan fingerprint density at radius 2 is 2.12 bits per heavy atom. The fraction of sp³-hybridized carbons (Fsp3) is 0.706. The number of aliphatic hydroxyl groups is 1. The van der Waals surface area contributed by atoms with Gasteiger partial charge in [-0.05, 0) is 25.7 Å². The number of nitrogens with two attached hydrogens (primary N) is 1. The molecule has 1 fully saturated rings. The summed E-state index contributed by atoms with van der Waals surface area (Å²) >= 11 is 0. The number of H-pyrrole nitrogens is 1. The summed E-state index contributed by atoms with van der Waals surface area (Å²) < 4.78 is 10.1. The molecule has 0 spiro atoms. The van der Waals surface area contributed by atoms with Gasteiger partial charge in [0.2, 0.25) is 18.5 Å². The number of anilines is 1. The Morgan fingerprint density at radius 3 is 2.76 bits per heavy atom. The predicted molar refractivity (Wildman–Crippen MR) is 93.7 cm³/mol. The number of imidazole rings is 1. The van der Waals surface area contributed by atoms with Crippen LogP contribution in [0.1, 0.15) is 45.8 Å². The Balaban J connectivity index is 2.12. The van der Waals surface area contributed by atoms with Crippen LogP contribution in [0.3, 0.4) is 0 Å². The lowest BCUT2D eigenvalue weighted by molar-refractivity contribution is -0.646. The molecule has 0 amide bonds. The van der Waals surface area contributed by atoms with E-state index in [1.807, 2.05) is 17.9 Å². The molecule has 2 unspecified atom stereocenters. The van der Waals surface area contributed by atoms with Crippen molar-refractivity contribution < 1.29 is 14.4 Å². The van der Waals surface area contributed by atoms with Crippen LogP contribution >= 0.6 is 0 Å². The zero-order valence-corrected chi connectivity index (χ0v) is 15.1. The number of nitrogen functional groups attached to an aromatic ring is 1. The molecule has 25 heavy (non-hydrogen) atoms. The van der Waals surface area contributed by atoms with Gasteiger partial charge in [0.1, 0.15) is 0 Å². The van der Waals surface area contributed by atoms with E-state index in [1.54, 1.807) is 4.57 Å². The van der Waals surface area contributed by atoms with Crippen molar-refractivity contribution in [2.45, 2.75) is 51.9 Å². The highest BCUT2D eigenvalue weighted by atomic mass is 16.5. The summed E-state index contributed by atoms with van der Waals surface area (Å²) in [5, 5.41) is 9.72. The molecule has 0 radical (unpaired) electrons. The second kappa shape index (κ2) is 7.13. The van der Waals surface area contributed by atoms with Crippen LogP contribution in [-0.4, -0.2) is 32.4 Å². The molecule has 3 heterocycles. The molecule has 138 valence electrons. The number of hydrogen-bond donors (Lipinski definition) is 3. The van der Waals surface area contributed by atoms with Gasteiger partial charge in [-0.2, -0.15) is 9.55 Å². The minimum Gasteiger partial charge on any atom is -0.396 e. The lowest BCUT2D eigenvalue weighted by atomic mass is 9.91. The lowest BCUT2D eigenvalue weighted by Gasteiger charge is -2.26. The molecule has 1 saturated heterocycles. The molecule has 4 N–H and O–H groups in total. The average molecular weight is 350 g/mol. The minimum atomic E-state index is -0.259. The summed E-state index contributed by atoms with van der Waals surface area (Å²) in [4.78, 5) is 19.2. The van der Waals surface area contributed by atoms with Crippen molar-refractivity contribution in [1.82, 2.24) is 14.5 Å². The molecule has 0 aliphatic carbocycles. The van der Waals surface area contributed by atoms with Crippen LogP contribution in [0.15, 0.2) is 11.1 Å². The Bertz CT molecular complexity index is 799. The summed E-state index contributed by atoms with van der Waals surface area (Å²) in [6.07, 6.45) is 5.28. The highest BCUT2D eigenvalue weighted by Gasteiger charge is 2.38.